The third kappa shape index (κ3) is 1.56. The van der Waals surface area contributed by atoms with E-state index in [9.17, 15) is 4.39 Å². The van der Waals surface area contributed by atoms with E-state index in [1.165, 1.54) is 6.07 Å². The van der Waals surface area contributed by atoms with E-state index in [4.69, 9.17) is 0 Å². The first-order valence-corrected chi connectivity index (χ1v) is 3.07. The molecule has 0 N–H and O–H groups in total. The lowest BCUT2D eigenvalue weighted by Gasteiger charge is -1.92. The SMILES string of the molecule is BCc1cccc(F)c1. The molecule has 0 aliphatic rings. The number of hydrogen-bond acceptors (Lipinski definition) is 0. The Kier molecular flexibility index (Phi) is 1.88. The molecule has 0 fully saturated rings. The largest absolute Gasteiger partial charge is 0.207 e. The van der Waals surface area contributed by atoms with Crippen molar-refractivity contribution in [3.8, 4) is 0 Å². The molecule has 0 aliphatic carbocycles. The minimum absolute atomic E-state index is 0.144. The highest BCUT2D eigenvalue weighted by molar-refractivity contribution is 6.08. The van der Waals surface area contributed by atoms with E-state index in [-0.39, 0.29) is 5.82 Å². The summed E-state index contributed by atoms with van der Waals surface area (Å²) >= 11 is 0. The van der Waals surface area contributed by atoms with Crippen LogP contribution in [0.3, 0.4) is 0 Å². The monoisotopic (exact) mass is 122 g/mol. The second-order valence-corrected chi connectivity index (χ2v) is 1.98. The van der Waals surface area contributed by atoms with E-state index in [1.54, 1.807) is 12.1 Å². The Morgan fingerprint density at radius 2 is 2.22 bits per heavy atom. The summed E-state index contributed by atoms with van der Waals surface area (Å²) in [5, 5.41) is 0. The van der Waals surface area contributed by atoms with Crippen molar-refractivity contribution in [2.45, 2.75) is 6.32 Å². The quantitative estimate of drug-likeness (QED) is 0.486. The second kappa shape index (κ2) is 2.67. The van der Waals surface area contributed by atoms with Crippen LogP contribution in [0.5, 0.6) is 0 Å². The van der Waals surface area contributed by atoms with Gasteiger partial charge in [0.1, 0.15) is 13.7 Å². The van der Waals surface area contributed by atoms with Crippen LogP contribution in [0.15, 0.2) is 24.3 Å². The predicted octanol–water partition coefficient (Wildman–Crippen LogP) is 0.959. The van der Waals surface area contributed by atoms with Crippen molar-refractivity contribution in [3.05, 3.63) is 35.6 Å². The van der Waals surface area contributed by atoms with Gasteiger partial charge in [0.25, 0.3) is 0 Å². The minimum atomic E-state index is -0.144. The van der Waals surface area contributed by atoms with Crippen LogP contribution < -0.4 is 0 Å². The molecule has 0 aromatic heterocycles. The van der Waals surface area contributed by atoms with Crippen LogP contribution in [0.4, 0.5) is 4.39 Å². The molecule has 9 heavy (non-hydrogen) atoms. The van der Waals surface area contributed by atoms with Gasteiger partial charge in [-0.05, 0) is 12.1 Å². The Bertz CT molecular complexity index is 198. The van der Waals surface area contributed by atoms with Gasteiger partial charge in [0.15, 0.2) is 0 Å². The van der Waals surface area contributed by atoms with Crippen LogP contribution in [-0.2, 0) is 6.32 Å². The number of benzene rings is 1. The summed E-state index contributed by atoms with van der Waals surface area (Å²) in [6.07, 6.45) is 0.901. The first-order valence-electron chi connectivity index (χ1n) is 3.07. The van der Waals surface area contributed by atoms with Crippen LogP contribution in [0, 0.1) is 5.82 Å². The maximum absolute atomic E-state index is 12.4. The molecule has 0 aliphatic heterocycles. The zero-order valence-electron chi connectivity index (χ0n) is 5.39. The molecule has 0 atom stereocenters. The van der Waals surface area contributed by atoms with Gasteiger partial charge in [0.05, 0.1) is 0 Å². The van der Waals surface area contributed by atoms with E-state index >= 15 is 0 Å². The molecule has 1 aromatic carbocycles. The Morgan fingerprint density at radius 1 is 1.44 bits per heavy atom. The van der Waals surface area contributed by atoms with Gasteiger partial charge in [0.2, 0.25) is 0 Å². The van der Waals surface area contributed by atoms with Crippen LogP contribution in [0.25, 0.3) is 0 Å². The van der Waals surface area contributed by atoms with Crippen molar-refractivity contribution in [1.82, 2.24) is 0 Å². The molecule has 0 radical (unpaired) electrons. The first kappa shape index (κ1) is 6.34. The molecule has 0 saturated heterocycles. The average molecular weight is 122 g/mol. The molecule has 2 heteroatoms. The highest BCUT2D eigenvalue weighted by Gasteiger charge is 1.89. The Morgan fingerprint density at radius 3 is 2.67 bits per heavy atom. The van der Waals surface area contributed by atoms with E-state index in [0.717, 1.165) is 11.9 Å². The lowest BCUT2D eigenvalue weighted by Crippen LogP contribution is -1.83. The molecule has 46 valence electrons. The molecule has 0 spiro atoms. The summed E-state index contributed by atoms with van der Waals surface area (Å²) in [5.41, 5.74) is 1.05. The van der Waals surface area contributed by atoms with Crippen LogP contribution >= 0.6 is 0 Å². The van der Waals surface area contributed by atoms with Gasteiger partial charge in [0, 0.05) is 0 Å². The van der Waals surface area contributed by atoms with Crippen LogP contribution in [-0.4, -0.2) is 7.85 Å². The molecule has 0 heterocycles. The summed E-state index contributed by atoms with van der Waals surface area (Å²) < 4.78 is 12.4. The van der Waals surface area contributed by atoms with Crippen molar-refractivity contribution in [2.75, 3.05) is 0 Å². The van der Waals surface area contributed by atoms with Crippen LogP contribution in [0.1, 0.15) is 5.56 Å². The summed E-state index contributed by atoms with van der Waals surface area (Å²) in [7, 11) is 2.01. The maximum Gasteiger partial charge on any atom is 0.123 e. The zero-order valence-corrected chi connectivity index (χ0v) is 5.39. The molecule has 0 amide bonds. The summed E-state index contributed by atoms with van der Waals surface area (Å²) in [6, 6.07) is 6.66. The van der Waals surface area contributed by atoms with Gasteiger partial charge in [-0.3, -0.25) is 0 Å². The Hall–Kier alpha value is -0.785. The van der Waals surface area contributed by atoms with Crippen molar-refractivity contribution in [2.24, 2.45) is 0 Å². The van der Waals surface area contributed by atoms with Crippen LogP contribution in [0.2, 0.25) is 0 Å². The van der Waals surface area contributed by atoms with Gasteiger partial charge < -0.3 is 0 Å². The number of rotatable bonds is 1. The van der Waals surface area contributed by atoms with Gasteiger partial charge in [-0.1, -0.05) is 24.0 Å². The lowest BCUT2D eigenvalue weighted by atomic mass is 9.97. The Balaban J connectivity index is 2.94. The van der Waals surface area contributed by atoms with Gasteiger partial charge in [-0.15, -0.1) is 0 Å². The topological polar surface area (TPSA) is 0 Å². The first-order chi connectivity index (χ1) is 4.33. The Labute approximate surface area is 55.1 Å². The van der Waals surface area contributed by atoms with Gasteiger partial charge >= 0.3 is 0 Å². The van der Waals surface area contributed by atoms with Crippen molar-refractivity contribution >= 4 is 7.85 Å². The van der Waals surface area contributed by atoms with E-state index in [2.05, 4.69) is 0 Å². The highest BCUT2D eigenvalue weighted by atomic mass is 19.1. The second-order valence-electron chi connectivity index (χ2n) is 1.98. The molecule has 1 aromatic rings. The highest BCUT2D eigenvalue weighted by Crippen LogP contribution is 2.01. The lowest BCUT2D eigenvalue weighted by molar-refractivity contribution is 0.626. The minimum Gasteiger partial charge on any atom is -0.207 e. The molecule has 1 rings (SSSR count). The summed E-state index contributed by atoms with van der Waals surface area (Å²) in [6.45, 7) is 0. The molecule has 0 bridgehead atoms. The molecule has 0 nitrogen and oxygen atoms in total. The molecule has 0 saturated carbocycles. The van der Waals surface area contributed by atoms with Crippen molar-refractivity contribution in [3.63, 3.8) is 0 Å². The predicted molar refractivity (Wildman–Crippen MR) is 38.6 cm³/mol. The summed E-state index contributed by atoms with van der Waals surface area (Å²) in [5.74, 6) is -0.144. The maximum atomic E-state index is 12.4. The fourth-order valence-electron chi connectivity index (χ4n) is 0.757. The third-order valence-corrected chi connectivity index (χ3v) is 1.30. The van der Waals surface area contributed by atoms with E-state index in [1.807, 2.05) is 13.9 Å². The number of hydrogen-bond donors (Lipinski definition) is 0. The van der Waals surface area contributed by atoms with E-state index < -0.39 is 0 Å². The summed E-state index contributed by atoms with van der Waals surface area (Å²) in [4.78, 5) is 0. The van der Waals surface area contributed by atoms with Crippen molar-refractivity contribution < 1.29 is 4.39 Å². The van der Waals surface area contributed by atoms with Crippen molar-refractivity contribution in [1.29, 1.82) is 0 Å². The third-order valence-electron chi connectivity index (χ3n) is 1.30. The average Bonchev–Trinajstić information content (AvgIpc) is 1.88. The molecule has 0 unspecified atom stereocenters. The smallest absolute Gasteiger partial charge is 0.123 e. The van der Waals surface area contributed by atoms with Gasteiger partial charge in [-0.2, -0.15) is 0 Å². The molecular formula is C7H8BF. The zero-order chi connectivity index (χ0) is 6.69. The molecular weight excluding hydrogens is 114 g/mol. The number of halogens is 1. The fraction of sp³-hybridized carbons (Fsp3) is 0.143. The standard InChI is InChI=1S/C7H8BF/c8-5-6-2-1-3-7(9)4-6/h1-4H,5,8H2. The normalized spacial score (nSPS) is 9.44. The van der Waals surface area contributed by atoms with Gasteiger partial charge in [-0.25, -0.2) is 4.39 Å². The fourth-order valence-corrected chi connectivity index (χ4v) is 0.757. The van der Waals surface area contributed by atoms with E-state index in [0.29, 0.717) is 0 Å².